The molecule has 3 N–H and O–H groups in total. The van der Waals surface area contributed by atoms with Crippen molar-refractivity contribution in [1.29, 1.82) is 5.41 Å². The van der Waals surface area contributed by atoms with Crippen molar-refractivity contribution < 1.29 is 4.39 Å². The number of hydrogen-bond acceptors (Lipinski definition) is 5. The third kappa shape index (κ3) is 3.83. The average molecular weight is 434 g/mol. The van der Waals surface area contributed by atoms with Crippen molar-refractivity contribution in [3.8, 4) is 11.1 Å². The van der Waals surface area contributed by atoms with Crippen LogP contribution in [0.2, 0.25) is 5.02 Å². The highest BCUT2D eigenvalue weighted by atomic mass is 35.5. The average Bonchev–Trinajstić information content (AvgIpc) is 2.77. The van der Waals surface area contributed by atoms with Gasteiger partial charge in [0.05, 0.1) is 22.4 Å². The van der Waals surface area contributed by atoms with Crippen LogP contribution in [0.1, 0.15) is 11.3 Å². The van der Waals surface area contributed by atoms with Gasteiger partial charge in [-0.2, -0.15) is 0 Å². The zero-order valence-corrected chi connectivity index (χ0v) is 17.2. The van der Waals surface area contributed by atoms with Gasteiger partial charge in [-0.3, -0.25) is 9.78 Å². The maximum Gasteiger partial charge on any atom is 0.258 e. The number of aryl methyl sites for hydroxylation is 1. The van der Waals surface area contributed by atoms with Crippen molar-refractivity contribution in [2.45, 2.75) is 0 Å². The van der Waals surface area contributed by atoms with Crippen molar-refractivity contribution >= 4 is 40.1 Å². The molecule has 0 fully saturated rings. The Balaban J connectivity index is 1.87. The second-order valence-corrected chi connectivity index (χ2v) is 7.33. The minimum Gasteiger partial charge on any atom is -0.398 e. The first-order valence-electron chi connectivity index (χ1n) is 9.28. The molecule has 0 aliphatic carbocycles. The van der Waals surface area contributed by atoms with Crippen molar-refractivity contribution in [1.82, 2.24) is 14.5 Å². The summed E-state index contributed by atoms with van der Waals surface area (Å²) in [6, 6.07) is 12.7. The summed E-state index contributed by atoms with van der Waals surface area (Å²) in [6.45, 7) is 0. The van der Waals surface area contributed by atoms with E-state index in [9.17, 15) is 9.18 Å². The number of allylic oxidation sites excluding steroid dienone is 1. The number of benzene rings is 1. The Morgan fingerprint density at radius 1 is 1.19 bits per heavy atom. The maximum atomic E-state index is 14.3. The molecule has 154 valence electrons. The highest BCUT2D eigenvalue weighted by Gasteiger charge is 2.14. The SMILES string of the molecule is Cn1cccc(-c2cnc3ccc(C(C=N)=C(N)c4cc(Cl)ccc4F)nc3c2)c1=O. The summed E-state index contributed by atoms with van der Waals surface area (Å²) in [6.07, 6.45) is 4.31. The van der Waals surface area contributed by atoms with E-state index < -0.39 is 5.82 Å². The van der Waals surface area contributed by atoms with Gasteiger partial charge < -0.3 is 15.7 Å². The van der Waals surface area contributed by atoms with Crippen LogP contribution in [0.15, 0.2) is 65.7 Å². The summed E-state index contributed by atoms with van der Waals surface area (Å²) in [5, 5.41) is 8.15. The van der Waals surface area contributed by atoms with E-state index in [0.717, 1.165) is 6.21 Å². The minimum atomic E-state index is -0.550. The number of pyridine rings is 3. The number of nitrogens with two attached hydrogens (primary N) is 1. The summed E-state index contributed by atoms with van der Waals surface area (Å²) in [4.78, 5) is 21.4. The van der Waals surface area contributed by atoms with E-state index in [-0.39, 0.29) is 22.4 Å². The third-order valence-corrected chi connectivity index (χ3v) is 5.14. The summed E-state index contributed by atoms with van der Waals surface area (Å²) < 4.78 is 15.8. The van der Waals surface area contributed by atoms with E-state index in [4.69, 9.17) is 22.7 Å². The molecule has 0 atom stereocenters. The fourth-order valence-corrected chi connectivity index (χ4v) is 3.43. The molecule has 6 nitrogen and oxygen atoms in total. The quantitative estimate of drug-likeness (QED) is 0.470. The highest BCUT2D eigenvalue weighted by Crippen LogP contribution is 2.26. The smallest absolute Gasteiger partial charge is 0.258 e. The number of nitrogens with one attached hydrogen (secondary N) is 1. The van der Waals surface area contributed by atoms with Crippen LogP contribution in [0, 0.1) is 11.2 Å². The standard InChI is InChI=1S/C23H17ClFN5O/c1-30-8-2-3-15(23(30)31)13-9-21-20(28-12-13)7-6-19(29-21)17(11-26)22(27)16-10-14(24)4-5-18(16)25/h2-12,26H,27H2,1H3. The second kappa shape index (κ2) is 8.12. The normalized spacial score (nSPS) is 12.0. The number of nitrogens with zero attached hydrogens (tertiary/aromatic N) is 3. The number of rotatable bonds is 4. The Labute approximate surface area is 182 Å². The molecule has 0 aliphatic heterocycles. The maximum absolute atomic E-state index is 14.3. The molecule has 3 aromatic heterocycles. The fourth-order valence-electron chi connectivity index (χ4n) is 3.26. The largest absolute Gasteiger partial charge is 0.398 e. The van der Waals surface area contributed by atoms with Crippen molar-refractivity contribution in [2.75, 3.05) is 0 Å². The molecule has 0 aliphatic rings. The van der Waals surface area contributed by atoms with Crippen LogP contribution in [0.3, 0.4) is 0 Å². The van der Waals surface area contributed by atoms with Crippen molar-refractivity contribution in [3.05, 3.63) is 93.4 Å². The molecular formula is C23H17ClFN5O. The first kappa shape index (κ1) is 20.4. The van der Waals surface area contributed by atoms with Gasteiger partial charge in [-0.05, 0) is 48.5 Å². The number of hydrogen-bond donors (Lipinski definition) is 2. The van der Waals surface area contributed by atoms with E-state index >= 15 is 0 Å². The molecule has 0 unspecified atom stereocenters. The second-order valence-electron chi connectivity index (χ2n) is 6.89. The number of fused-ring (bicyclic) bond motifs is 1. The third-order valence-electron chi connectivity index (χ3n) is 4.90. The lowest BCUT2D eigenvalue weighted by molar-refractivity contribution is 0.624. The van der Waals surface area contributed by atoms with Gasteiger partial charge in [0.15, 0.2) is 0 Å². The van der Waals surface area contributed by atoms with Gasteiger partial charge in [0.25, 0.3) is 5.56 Å². The zero-order valence-electron chi connectivity index (χ0n) is 16.4. The van der Waals surface area contributed by atoms with Gasteiger partial charge in [-0.1, -0.05) is 11.6 Å². The molecule has 0 saturated carbocycles. The number of halogens is 2. The molecule has 3 heterocycles. The zero-order chi connectivity index (χ0) is 22.1. The van der Waals surface area contributed by atoms with Gasteiger partial charge in [0.1, 0.15) is 5.82 Å². The number of aromatic nitrogens is 3. The van der Waals surface area contributed by atoms with Gasteiger partial charge >= 0.3 is 0 Å². The van der Waals surface area contributed by atoms with Crippen molar-refractivity contribution in [2.24, 2.45) is 12.8 Å². The topological polar surface area (TPSA) is 97.7 Å². The monoisotopic (exact) mass is 433 g/mol. The summed E-state index contributed by atoms with van der Waals surface area (Å²) in [5.41, 5.74) is 9.02. The molecule has 0 spiro atoms. The molecule has 0 radical (unpaired) electrons. The fraction of sp³-hybridized carbons (Fsp3) is 0.0435. The Morgan fingerprint density at radius 2 is 2.00 bits per heavy atom. The summed E-state index contributed by atoms with van der Waals surface area (Å²) in [5.74, 6) is -0.550. The molecule has 1 aromatic carbocycles. The van der Waals surface area contributed by atoms with Crippen LogP contribution in [-0.4, -0.2) is 20.7 Å². The first-order chi connectivity index (χ1) is 14.9. The van der Waals surface area contributed by atoms with Crippen LogP contribution in [0.5, 0.6) is 0 Å². The van der Waals surface area contributed by atoms with Gasteiger partial charge in [-0.15, -0.1) is 0 Å². The van der Waals surface area contributed by atoms with Crippen LogP contribution in [0.25, 0.3) is 33.4 Å². The van der Waals surface area contributed by atoms with Gasteiger partial charge in [0.2, 0.25) is 0 Å². The Kier molecular flexibility index (Phi) is 5.35. The first-order valence-corrected chi connectivity index (χ1v) is 9.65. The molecule has 0 saturated heterocycles. The lowest BCUT2D eigenvalue weighted by Crippen LogP contribution is -2.17. The van der Waals surface area contributed by atoms with E-state index in [0.29, 0.717) is 32.9 Å². The predicted molar refractivity (Wildman–Crippen MR) is 121 cm³/mol. The lowest BCUT2D eigenvalue weighted by atomic mass is 10.0. The van der Waals surface area contributed by atoms with Crippen LogP contribution in [0.4, 0.5) is 4.39 Å². The molecule has 0 bridgehead atoms. The van der Waals surface area contributed by atoms with E-state index in [2.05, 4.69) is 9.97 Å². The molecule has 8 heteroatoms. The van der Waals surface area contributed by atoms with Crippen LogP contribution in [-0.2, 0) is 7.05 Å². The molecule has 0 amide bonds. The van der Waals surface area contributed by atoms with Crippen molar-refractivity contribution in [3.63, 3.8) is 0 Å². The Morgan fingerprint density at radius 3 is 2.77 bits per heavy atom. The minimum absolute atomic E-state index is 0.0443. The Bertz CT molecular complexity index is 1430. The summed E-state index contributed by atoms with van der Waals surface area (Å²) >= 11 is 5.98. The predicted octanol–water partition coefficient (Wildman–Crippen LogP) is 4.26. The van der Waals surface area contributed by atoms with Crippen LogP contribution >= 0.6 is 11.6 Å². The molecule has 4 rings (SSSR count). The van der Waals surface area contributed by atoms with Gasteiger partial charge in [-0.25, -0.2) is 9.37 Å². The van der Waals surface area contributed by atoms with Gasteiger partial charge in [0, 0.05) is 52.9 Å². The molecular weight excluding hydrogens is 417 g/mol. The summed E-state index contributed by atoms with van der Waals surface area (Å²) in [7, 11) is 1.68. The molecule has 31 heavy (non-hydrogen) atoms. The highest BCUT2D eigenvalue weighted by molar-refractivity contribution is 6.31. The van der Waals surface area contributed by atoms with E-state index in [1.165, 1.54) is 22.8 Å². The van der Waals surface area contributed by atoms with Crippen LogP contribution < -0.4 is 11.3 Å². The van der Waals surface area contributed by atoms with E-state index in [1.807, 2.05) is 0 Å². The Hall–Kier alpha value is -3.84. The van der Waals surface area contributed by atoms with E-state index in [1.54, 1.807) is 49.8 Å². The molecule has 4 aromatic rings. The lowest BCUT2D eigenvalue weighted by Gasteiger charge is -2.10.